The van der Waals surface area contributed by atoms with Gasteiger partial charge < -0.3 is 20.6 Å². The number of para-hydroxylation sites is 1. The minimum absolute atomic E-state index is 0.0766. The molecule has 0 aliphatic heterocycles. The van der Waals surface area contributed by atoms with Crippen molar-refractivity contribution >= 4 is 34.1 Å². The Bertz CT molecular complexity index is 842. The summed E-state index contributed by atoms with van der Waals surface area (Å²) in [5, 5.41) is 13.0. The molecule has 5 nitrogen and oxygen atoms in total. The smallest absolute Gasteiger partial charge is 0.231 e. The van der Waals surface area contributed by atoms with E-state index in [1.54, 1.807) is 12.1 Å². The van der Waals surface area contributed by atoms with E-state index in [-0.39, 0.29) is 10.9 Å². The summed E-state index contributed by atoms with van der Waals surface area (Å²) < 4.78 is 5.76. The van der Waals surface area contributed by atoms with Crippen molar-refractivity contribution in [3.05, 3.63) is 42.0 Å². The van der Waals surface area contributed by atoms with Crippen molar-refractivity contribution in [3.8, 4) is 17.2 Å². The van der Waals surface area contributed by atoms with Crippen molar-refractivity contribution < 1.29 is 9.52 Å². The number of fused-ring (bicyclic) bond motifs is 1. The normalized spacial score (nSPS) is 10.7. The quantitative estimate of drug-likeness (QED) is 0.498. The molecule has 6 heteroatoms. The second kappa shape index (κ2) is 5.06. The van der Waals surface area contributed by atoms with E-state index in [9.17, 15) is 5.11 Å². The predicted molar refractivity (Wildman–Crippen MR) is 86.3 cm³/mol. The molecule has 0 unspecified atom stereocenters. The summed E-state index contributed by atoms with van der Waals surface area (Å²) in [5.41, 5.74) is 9.04. The minimum Gasteiger partial charge on any atom is -0.507 e. The highest BCUT2D eigenvalue weighted by Gasteiger charge is 2.14. The molecule has 0 bridgehead atoms. The predicted octanol–water partition coefficient (Wildman–Crippen LogP) is 3.16. The maximum absolute atomic E-state index is 10.0. The van der Waals surface area contributed by atoms with Crippen LogP contribution in [-0.4, -0.2) is 15.2 Å². The number of rotatable bonds is 2. The van der Waals surface area contributed by atoms with Gasteiger partial charge in [-0.25, -0.2) is 4.98 Å². The van der Waals surface area contributed by atoms with Crippen LogP contribution in [0.1, 0.15) is 5.56 Å². The van der Waals surface area contributed by atoms with E-state index >= 15 is 0 Å². The van der Waals surface area contributed by atoms with Crippen LogP contribution in [-0.2, 0) is 0 Å². The van der Waals surface area contributed by atoms with Gasteiger partial charge in [0.05, 0.1) is 5.56 Å². The fraction of sp³-hybridized carbons (Fsp3) is 0.0667. The SMILES string of the molecule is Cc1cccc2nc(-c3cc(NC(N)=S)ccc3O)oc12. The molecule has 1 aromatic heterocycles. The number of hydrogen-bond donors (Lipinski definition) is 3. The van der Waals surface area contributed by atoms with Crippen molar-refractivity contribution in [3.63, 3.8) is 0 Å². The van der Waals surface area contributed by atoms with Gasteiger partial charge in [0.15, 0.2) is 10.7 Å². The van der Waals surface area contributed by atoms with Gasteiger partial charge in [0, 0.05) is 5.69 Å². The first kappa shape index (κ1) is 13.4. The first-order chi connectivity index (χ1) is 10.0. The molecule has 4 N–H and O–H groups in total. The zero-order chi connectivity index (χ0) is 15.0. The molecule has 3 rings (SSSR count). The van der Waals surface area contributed by atoms with Crippen LogP contribution in [0.2, 0.25) is 0 Å². The molecule has 0 spiro atoms. The summed E-state index contributed by atoms with van der Waals surface area (Å²) >= 11 is 4.81. The molecule has 106 valence electrons. The lowest BCUT2D eigenvalue weighted by atomic mass is 10.1. The van der Waals surface area contributed by atoms with Crippen LogP contribution in [0.15, 0.2) is 40.8 Å². The van der Waals surface area contributed by atoms with Gasteiger partial charge in [0.1, 0.15) is 11.3 Å². The molecular formula is C15H13N3O2S. The number of hydrogen-bond acceptors (Lipinski definition) is 4. The number of oxazole rings is 1. The highest BCUT2D eigenvalue weighted by atomic mass is 32.1. The summed E-state index contributed by atoms with van der Waals surface area (Å²) in [6, 6.07) is 10.6. The molecule has 2 aromatic carbocycles. The molecule has 21 heavy (non-hydrogen) atoms. The maximum Gasteiger partial charge on any atom is 0.231 e. The number of aryl methyl sites for hydroxylation is 1. The molecule has 0 saturated carbocycles. The first-order valence-electron chi connectivity index (χ1n) is 6.30. The van der Waals surface area contributed by atoms with E-state index in [1.165, 1.54) is 6.07 Å². The Kier molecular flexibility index (Phi) is 3.23. The number of nitrogens with zero attached hydrogens (tertiary/aromatic N) is 1. The van der Waals surface area contributed by atoms with Gasteiger partial charge in [0.25, 0.3) is 0 Å². The number of benzene rings is 2. The number of phenols is 1. The van der Waals surface area contributed by atoms with Gasteiger partial charge in [-0.15, -0.1) is 0 Å². The standard InChI is InChI=1S/C15H13N3O2S/c1-8-3-2-4-11-13(8)20-14(18-11)10-7-9(17-15(16)21)5-6-12(10)19/h2-7,19H,1H3,(H3,16,17,21). The third-order valence-corrected chi connectivity index (χ3v) is 3.21. The van der Waals surface area contributed by atoms with Crippen molar-refractivity contribution in [2.75, 3.05) is 5.32 Å². The average molecular weight is 299 g/mol. The lowest BCUT2D eigenvalue weighted by Gasteiger charge is -2.06. The Morgan fingerprint density at radius 1 is 1.33 bits per heavy atom. The average Bonchev–Trinajstić information content (AvgIpc) is 2.86. The zero-order valence-electron chi connectivity index (χ0n) is 11.3. The number of thiocarbonyl (C=S) groups is 1. The van der Waals surface area contributed by atoms with Crippen LogP contribution in [0.3, 0.4) is 0 Å². The van der Waals surface area contributed by atoms with Crippen molar-refractivity contribution in [1.82, 2.24) is 4.98 Å². The summed E-state index contributed by atoms with van der Waals surface area (Å²) in [4.78, 5) is 4.41. The van der Waals surface area contributed by atoms with Crippen LogP contribution >= 0.6 is 12.2 Å². The van der Waals surface area contributed by atoms with Crippen LogP contribution < -0.4 is 11.1 Å². The van der Waals surface area contributed by atoms with Crippen molar-refractivity contribution in [1.29, 1.82) is 0 Å². The van der Waals surface area contributed by atoms with Gasteiger partial charge in [-0.1, -0.05) is 12.1 Å². The molecule has 0 saturated heterocycles. The molecule has 0 radical (unpaired) electrons. The van der Waals surface area contributed by atoms with E-state index in [4.69, 9.17) is 22.4 Å². The number of nitrogens with two attached hydrogens (primary N) is 1. The van der Waals surface area contributed by atoms with E-state index in [2.05, 4.69) is 10.3 Å². The fourth-order valence-electron chi connectivity index (χ4n) is 2.13. The number of phenolic OH excluding ortho intramolecular Hbond substituents is 1. The highest BCUT2D eigenvalue weighted by Crippen LogP contribution is 2.33. The Morgan fingerprint density at radius 2 is 2.14 bits per heavy atom. The summed E-state index contributed by atoms with van der Waals surface area (Å²) in [7, 11) is 0. The van der Waals surface area contributed by atoms with E-state index in [0.29, 0.717) is 22.7 Å². The molecule has 0 aliphatic rings. The Hall–Kier alpha value is -2.60. The van der Waals surface area contributed by atoms with Crippen LogP contribution in [0.25, 0.3) is 22.6 Å². The minimum atomic E-state index is 0.0766. The highest BCUT2D eigenvalue weighted by molar-refractivity contribution is 7.80. The molecule has 3 aromatic rings. The van der Waals surface area contributed by atoms with Crippen molar-refractivity contribution in [2.45, 2.75) is 6.92 Å². The maximum atomic E-state index is 10.0. The lowest BCUT2D eigenvalue weighted by Crippen LogP contribution is -2.18. The van der Waals surface area contributed by atoms with Crippen molar-refractivity contribution in [2.24, 2.45) is 5.73 Å². The molecule has 0 amide bonds. The largest absolute Gasteiger partial charge is 0.507 e. The summed E-state index contributed by atoms with van der Waals surface area (Å²) in [5.74, 6) is 0.427. The Morgan fingerprint density at radius 3 is 2.86 bits per heavy atom. The number of nitrogens with one attached hydrogen (secondary N) is 1. The fourth-order valence-corrected chi connectivity index (χ4v) is 2.25. The first-order valence-corrected chi connectivity index (χ1v) is 6.71. The molecule has 1 heterocycles. The number of aromatic nitrogens is 1. The van der Waals surface area contributed by atoms with E-state index < -0.39 is 0 Å². The second-order valence-electron chi connectivity index (χ2n) is 4.66. The van der Waals surface area contributed by atoms with Crippen LogP contribution in [0.4, 0.5) is 5.69 Å². The van der Waals surface area contributed by atoms with Gasteiger partial charge in [-0.3, -0.25) is 0 Å². The molecule has 0 atom stereocenters. The van der Waals surface area contributed by atoms with Gasteiger partial charge in [-0.05, 0) is 49.0 Å². The topological polar surface area (TPSA) is 84.3 Å². The Balaban J connectivity index is 2.13. The lowest BCUT2D eigenvalue weighted by molar-refractivity contribution is 0.474. The van der Waals surface area contributed by atoms with E-state index in [1.807, 2.05) is 25.1 Å². The Labute approximate surface area is 126 Å². The van der Waals surface area contributed by atoms with Crippen LogP contribution in [0.5, 0.6) is 5.75 Å². The van der Waals surface area contributed by atoms with Gasteiger partial charge in [0.2, 0.25) is 5.89 Å². The summed E-state index contributed by atoms with van der Waals surface area (Å²) in [6.45, 7) is 1.95. The van der Waals surface area contributed by atoms with Crippen LogP contribution in [0, 0.1) is 6.92 Å². The molecular weight excluding hydrogens is 286 g/mol. The third kappa shape index (κ3) is 2.53. The summed E-state index contributed by atoms with van der Waals surface area (Å²) in [6.07, 6.45) is 0. The zero-order valence-corrected chi connectivity index (χ0v) is 12.1. The second-order valence-corrected chi connectivity index (χ2v) is 5.10. The number of anilines is 1. The van der Waals surface area contributed by atoms with Gasteiger partial charge >= 0.3 is 0 Å². The molecule has 0 aliphatic carbocycles. The monoisotopic (exact) mass is 299 g/mol. The number of aromatic hydroxyl groups is 1. The van der Waals surface area contributed by atoms with Gasteiger partial charge in [-0.2, -0.15) is 0 Å². The van der Waals surface area contributed by atoms with E-state index in [0.717, 1.165) is 11.1 Å². The molecule has 0 fully saturated rings. The third-order valence-electron chi connectivity index (χ3n) is 3.11.